The number of carbonyl (C=O) groups excluding carboxylic acids is 1. The molecule has 1 aromatic carbocycles. The lowest BCUT2D eigenvalue weighted by Gasteiger charge is -2.37. The number of fused-ring (bicyclic) bond motifs is 2. The number of nitrogens with zero attached hydrogens (tertiary/aromatic N) is 1. The van der Waals surface area contributed by atoms with Gasteiger partial charge < -0.3 is 15.0 Å². The Kier molecular flexibility index (Phi) is 4.67. The summed E-state index contributed by atoms with van der Waals surface area (Å²) in [5.74, 6) is 0.0440. The van der Waals surface area contributed by atoms with Crippen molar-refractivity contribution in [2.75, 3.05) is 32.8 Å². The Balaban J connectivity index is 1.59. The second-order valence-corrected chi connectivity index (χ2v) is 8.07. The largest absolute Gasteiger partial charge is 0.370 e. The molecule has 0 radical (unpaired) electrons. The summed E-state index contributed by atoms with van der Waals surface area (Å²) in [6, 6.07) is 8.01. The van der Waals surface area contributed by atoms with Gasteiger partial charge in [0.05, 0.1) is 30.8 Å². The Morgan fingerprint density at radius 1 is 1.23 bits per heavy atom. The number of hydrogen-bond donors (Lipinski definition) is 2. The number of morpholine rings is 1. The molecule has 4 rings (SSSR count). The van der Waals surface area contributed by atoms with Gasteiger partial charge >= 0.3 is 0 Å². The molecule has 5 heteroatoms. The van der Waals surface area contributed by atoms with E-state index in [1.807, 2.05) is 24.3 Å². The predicted octanol–water partition coefficient (Wildman–Crippen LogP) is 1.15. The van der Waals surface area contributed by atoms with E-state index in [0.717, 1.165) is 73.3 Å². The highest BCUT2D eigenvalue weighted by Gasteiger charge is 2.33. The highest BCUT2D eigenvalue weighted by Crippen LogP contribution is 2.29. The van der Waals surface area contributed by atoms with Crippen LogP contribution in [-0.2, 0) is 17.6 Å². The van der Waals surface area contributed by atoms with Crippen LogP contribution in [0.1, 0.15) is 41.9 Å². The Hall–Kier alpha value is -1.98. The normalized spacial score (nSPS) is 18.1. The van der Waals surface area contributed by atoms with Crippen molar-refractivity contribution < 1.29 is 14.4 Å². The van der Waals surface area contributed by atoms with Crippen LogP contribution in [0.2, 0.25) is 0 Å². The maximum absolute atomic E-state index is 13.2. The first-order valence-corrected chi connectivity index (χ1v) is 9.68. The molecule has 1 saturated heterocycles. The van der Waals surface area contributed by atoms with Crippen molar-refractivity contribution in [2.45, 2.75) is 38.6 Å². The number of carbonyl (C=O) groups is 1. The van der Waals surface area contributed by atoms with Crippen molar-refractivity contribution in [3.63, 3.8) is 0 Å². The van der Waals surface area contributed by atoms with Gasteiger partial charge in [-0.25, -0.2) is 0 Å². The van der Waals surface area contributed by atoms with Gasteiger partial charge in [0, 0.05) is 11.1 Å². The minimum atomic E-state index is -0.00849. The zero-order valence-corrected chi connectivity index (χ0v) is 15.7. The summed E-state index contributed by atoms with van der Waals surface area (Å²) in [7, 11) is 0. The first-order chi connectivity index (χ1) is 12.6. The SMILES string of the molecule is CC(C)(CNC(=O)c1c2c(nc3ccccc13)CCC2)[NH+]1CCOCC1. The summed E-state index contributed by atoms with van der Waals surface area (Å²) >= 11 is 0. The van der Waals surface area contributed by atoms with E-state index in [1.165, 1.54) is 4.90 Å². The fourth-order valence-electron chi connectivity index (χ4n) is 4.28. The highest BCUT2D eigenvalue weighted by molar-refractivity contribution is 6.07. The molecule has 1 aliphatic heterocycles. The third-order valence-corrected chi connectivity index (χ3v) is 5.89. The van der Waals surface area contributed by atoms with E-state index in [9.17, 15) is 4.79 Å². The number of para-hydroxylation sites is 1. The number of rotatable bonds is 4. The second-order valence-electron chi connectivity index (χ2n) is 8.07. The molecule has 2 aliphatic rings. The molecule has 1 amide bonds. The van der Waals surface area contributed by atoms with E-state index in [-0.39, 0.29) is 11.4 Å². The fourth-order valence-corrected chi connectivity index (χ4v) is 4.28. The number of benzene rings is 1. The third kappa shape index (κ3) is 3.21. The van der Waals surface area contributed by atoms with Crippen molar-refractivity contribution in [2.24, 2.45) is 0 Å². The smallest absolute Gasteiger partial charge is 0.252 e. The zero-order chi connectivity index (χ0) is 18.1. The number of hydrogen-bond acceptors (Lipinski definition) is 3. The van der Waals surface area contributed by atoms with Crippen LogP contribution in [0.25, 0.3) is 10.9 Å². The Morgan fingerprint density at radius 3 is 2.81 bits per heavy atom. The molecule has 0 spiro atoms. The lowest BCUT2D eigenvalue weighted by Crippen LogP contribution is -3.22. The molecule has 0 saturated carbocycles. The second kappa shape index (κ2) is 6.97. The molecule has 138 valence electrons. The van der Waals surface area contributed by atoms with E-state index < -0.39 is 0 Å². The standard InChI is InChI=1S/C21H27N3O2/c1-21(2,24-10-12-26-13-11-24)14-22-20(25)19-15-6-3-4-8-17(15)23-18-9-5-7-16(18)19/h3-4,6,8H,5,7,9-14H2,1-2H3,(H,22,25)/p+1. The topological polar surface area (TPSA) is 55.7 Å². The molecule has 5 nitrogen and oxygen atoms in total. The van der Waals surface area contributed by atoms with Gasteiger partial charge in [-0.3, -0.25) is 9.78 Å². The molecule has 1 fully saturated rings. The molecule has 0 bridgehead atoms. The molecule has 2 heterocycles. The van der Waals surface area contributed by atoms with E-state index in [1.54, 1.807) is 0 Å². The molecule has 1 aromatic heterocycles. The van der Waals surface area contributed by atoms with Gasteiger partial charge in [-0.15, -0.1) is 0 Å². The van der Waals surface area contributed by atoms with Crippen molar-refractivity contribution in [1.82, 2.24) is 10.3 Å². The average Bonchev–Trinajstić information content (AvgIpc) is 3.13. The van der Waals surface area contributed by atoms with Crippen molar-refractivity contribution >= 4 is 16.8 Å². The third-order valence-electron chi connectivity index (χ3n) is 5.89. The Bertz CT molecular complexity index is 825. The summed E-state index contributed by atoms with van der Waals surface area (Å²) in [6.07, 6.45) is 3.01. The van der Waals surface area contributed by atoms with Crippen LogP contribution in [0, 0.1) is 0 Å². The Morgan fingerprint density at radius 2 is 2.00 bits per heavy atom. The van der Waals surface area contributed by atoms with Gasteiger partial charge in [0.15, 0.2) is 0 Å². The molecule has 1 aliphatic carbocycles. The number of quaternary nitrogens is 1. The van der Waals surface area contributed by atoms with E-state index in [4.69, 9.17) is 9.72 Å². The lowest BCUT2D eigenvalue weighted by atomic mass is 9.99. The molecular weight excluding hydrogens is 326 g/mol. The van der Waals surface area contributed by atoms with E-state index in [0.29, 0.717) is 6.54 Å². The maximum atomic E-state index is 13.2. The number of aryl methyl sites for hydroxylation is 1. The first kappa shape index (κ1) is 17.4. The first-order valence-electron chi connectivity index (χ1n) is 9.68. The van der Waals surface area contributed by atoms with Crippen LogP contribution < -0.4 is 10.2 Å². The molecule has 2 aromatic rings. The quantitative estimate of drug-likeness (QED) is 0.866. The van der Waals surface area contributed by atoms with Gasteiger partial charge in [0.2, 0.25) is 0 Å². The summed E-state index contributed by atoms with van der Waals surface area (Å²) in [5, 5.41) is 4.20. The van der Waals surface area contributed by atoms with Crippen molar-refractivity contribution in [3.05, 3.63) is 41.1 Å². The van der Waals surface area contributed by atoms with E-state index >= 15 is 0 Å². The lowest BCUT2D eigenvalue weighted by molar-refractivity contribution is -0.954. The van der Waals surface area contributed by atoms with Crippen LogP contribution in [0.15, 0.2) is 24.3 Å². The van der Waals surface area contributed by atoms with Gasteiger partial charge in [-0.1, -0.05) is 18.2 Å². The average molecular weight is 354 g/mol. The van der Waals surface area contributed by atoms with Crippen LogP contribution >= 0.6 is 0 Å². The maximum Gasteiger partial charge on any atom is 0.252 e. The van der Waals surface area contributed by atoms with Gasteiger partial charge in [0.1, 0.15) is 18.6 Å². The number of aromatic nitrogens is 1. The number of amides is 1. The minimum absolute atomic E-state index is 0.00849. The fraction of sp³-hybridized carbons (Fsp3) is 0.524. The number of pyridine rings is 1. The number of ether oxygens (including phenoxy) is 1. The molecular formula is C21H28N3O2+. The Labute approximate surface area is 154 Å². The highest BCUT2D eigenvalue weighted by atomic mass is 16.5. The van der Waals surface area contributed by atoms with Gasteiger partial charge in [-0.05, 0) is 44.7 Å². The van der Waals surface area contributed by atoms with E-state index in [2.05, 4.69) is 19.2 Å². The summed E-state index contributed by atoms with van der Waals surface area (Å²) in [5.41, 5.74) is 4.02. The van der Waals surface area contributed by atoms with Crippen molar-refractivity contribution in [3.8, 4) is 0 Å². The monoisotopic (exact) mass is 354 g/mol. The summed E-state index contributed by atoms with van der Waals surface area (Å²) in [4.78, 5) is 19.5. The molecule has 0 atom stereocenters. The summed E-state index contributed by atoms with van der Waals surface area (Å²) in [6.45, 7) is 8.70. The van der Waals surface area contributed by atoms with Gasteiger partial charge in [-0.2, -0.15) is 0 Å². The summed E-state index contributed by atoms with van der Waals surface area (Å²) < 4.78 is 5.47. The molecule has 26 heavy (non-hydrogen) atoms. The van der Waals surface area contributed by atoms with Crippen LogP contribution in [0.5, 0.6) is 0 Å². The molecule has 2 N–H and O–H groups in total. The van der Waals surface area contributed by atoms with Gasteiger partial charge in [0.25, 0.3) is 5.91 Å². The van der Waals surface area contributed by atoms with Crippen LogP contribution in [0.4, 0.5) is 0 Å². The predicted molar refractivity (Wildman–Crippen MR) is 102 cm³/mol. The minimum Gasteiger partial charge on any atom is -0.370 e. The molecule has 0 unspecified atom stereocenters. The number of nitrogens with one attached hydrogen (secondary N) is 2. The van der Waals surface area contributed by atoms with Crippen LogP contribution in [0.3, 0.4) is 0 Å². The van der Waals surface area contributed by atoms with Crippen LogP contribution in [-0.4, -0.2) is 49.3 Å². The van der Waals surface area contributed by atoms with Crippen molar-refractivity contribution in [1.29, 1.82) is 0 Å². The zero-order valence-electron chi connectivity index (χ0n) is 15.7.